The maximum absolute atomic E-state index is 10.7. The summed E-state index contributed by atoms with van der Waals surface area (Å²) in [7, 11) is 0. The Hall–Kier alpha value is 0.01000. The third-order valence-electron chi connectivity index (χ3n) is 5.14. The Kier molecular flexibility index (Phi) is 2.97. The maximum Gasteiger partial charge on any atom is 0.0912 e. The quantitative estimate of drug-likeness (QED) is 0.883. The smallest absolute Gasteiger partial charge is 0.0912 e. The number of aliphatic hydroxyl groups is 1. The average molecular weight is 280 g/mol. The van der Waals surface area contributed by atoms with E-state index in [2.05, 4.69) is 6.07 Å². The molecule has 3 aliphatic rings. The van der Waals surface area contributed by atoms with Gasteiger partial charge in [-0.15, -0.1) is 11.3 Å². The van der Waals surface area contributed by atoms with E-state index in [1.807, 2.05) is 23.1 Å². The van der Waals surface area contributed by atoms with Gasteiger partial charge >= 0.3 is 0 Å². The normalized spacial score (nSPS) is 35.7. The van der Waals surface area contributed by atoms with Crippen LogP contribution >= 0.6 is 23.1 Å². The summed E-state index contributed by atoms with van der Waals surface area (Å²) in [4.78, 5) is 2.81. The number of fused-ring (bicyclic) bond motifs is 3. The van der Waals surface area contributed by atoms with Gasteiger partial charge in [0.15, 0.2) is 0 Å². The van der Waals surface area contributed by atoms with E-state index in [1.165, 1.54) is 48.3 Å². The Morgan fingerprint density at radius 3 is 2.94 bits per heavy atom. The van der Waals surface area contributed by atoms with Crippen LogP contribution in [0.25, 0.3) is 0 Å². The minimum absolute atomic E-state index is 0.166. The molecule has 4 atom stereocenters. The fraction of sp³-hybridized carbons (Fsp3) is 0.733. The number of aryl methyl sites for hydroxylation is 1. The second-order valence-electron chi connectivity index (χ2n) is 6.18. The Bertz CT molecular complexity index is 430. The monoisotopic (exact) mass is 280 g/mol. The largest absolute Gasteiger partial charge is 0.387 e. The Labute approximate surface area is 117 Å². The summed E-state index contributed by atoms with van der Waals surface area (Å²) in [6.45, 7) is 0. The Balaban J connectivity index is 1.57. The van der Waals surface area contributed by atoms with Crippen LogP contribution in [0.1, 0.15) is 47.1 Å². The second kappa shape index (κ2) is 4.53. The first kappa shape index (κ1) is 11.8. The standard InChI is InChI=1S/C15H20OS2/c16-15(12-6-9-1-2-10(12)5-9)14-7-11-8-17-4-3-13(11)18-14/h7,9-10,12,15-16H,1-6,8H2. The molecule has 4 rings (SSSR count). The van der Waals surface area contributed by atoms with E-state index in [1.54, 1.807) is 4.88 Å². The van der Waals surface area contributed by atoms with E-state index in [9.17, 15) is 5.11 Å². The molecule has 4 unspecified atom stereocenters. The molecule has 2 fully saturated rings. The summed E-state index contributed by atoms with van der Waals surface area (Å²) in [5.41, 5.74) is 1.51. The van der Waals surface area contributed by atoms with Crippen molar-refractivity contribution in [3.8, 4) is 0 Å². The number of thiophene rings is 1. The lowest BCUT2D eigenvalue weighted by atomic mass is 9.84. The molecule has 1 aromatic rings. The summed E-state index contributed by atoms with van der Waals surface area (Å²) >= 11 is 3.93. The van der Waals surface area contributed by atoms with Crippen molar-refractivity contribution in [1.29, 1.82) is 0 Å². The van der Waals surface area contributed by atoms with E-state index in [0.717, 1.165) is 17.6 Å². The zero-order valence-corrected chi connectivity index (χ0v) is 12.2. The van der Waals surface area contributed by atoms with Crippen LogP contribution in [-0.4, -0.2) is 10.9 Å². The van der Waals surface area contributed by atoms with Gasteiger partial charge in [-0.05, 0) is 60.8 Å². The summed E-state index contributed by atoms with van der Waals surface area (Å²) in [5, 5.41) is 10.7. The van der Waals surface area contributed by atoms with Crippen LogP contribution in [-0.2, 0) is 12.2 Å². The third-order valence-corrected chi connectivity index (χ3v) is 7.45. The van der Waals surface area contributed by atoms with Crippen LogP contribution in [0, 0.1) is 17.8 Å². The lowest BCUT2D eigenvalue weighted by Gasteiger charge is -2.26. The van der Waals surface area contributed by atoms with Crippen molar-refractivity contribution in [2.24, 2.45) is 17.8 Å². The molecule has 98 valence electrons. The van der Waals surface area contributed by atoms with E-state index < -0.39 is 0 Å². The van der Waals surface area contributed by atoms with Gasteiger partial charge in [0.2, 0.25) is 0 Å². The zero-order valence-electron chi connectivity index (χ0n) is 10.6. The van der Waals surface area contributed by atoms with Crippen molar-refractivity contribution in [2.75, 3.05) is 5.75 Å². The second-order valence-corrected chi connectivity index (χ2v) is 8.46. The van der Waals surface area contributed by atoms with Crippen LogP contribution in [0.3, 0.4) is 0 Å². The van der Waals surface area contributed by atoms with Crippen LogP contribution in [0.4, 0.5) is 0 Å². The van der Waals surface area contributed by atoms with Gasteiger partial charge in [0.25, 0.3) is 0 Å². The number of hydrogen-bond donors (Lipinski definition) is 1. The van der Waals surface area contributed by atoms with Gasteiger partial charge in [-0.1, -0.05) is 6.42 Å². The molecule has 2 heterocycles. The molecule has 1 aliphatic heterocycles. The van der Waals surface area contributed by atoms with Crippen molar-refractivity contribution in [1.82, 2.24) is 0 Å². The van der Waals surface area contributed by atoms with Crippen molar-refractivity contribution in [2.45, 2.75) is 44.0 Å². The van der Waals surface area contributed by atoms with Crippen LogP contribution < -0.4 is 0 Å². The highest BCUT2D eigenvalue weighted by atomic mass is 32.2. The molecule has 3 heteroatoms. The Morgan fingerprint density at radius 2 is 2.22 bits per heavy atom. The molecular formula is C15H20OS2. The molecule has 0 amide bonds. The van der Waals surface area contributed by atoms with Gasteiger partial charge < -0.3 is 5.11 Å². The van der Waals surface area contributed by atoms with Crippen molar-refractivity contribution < 1.29 is 5.11 Å². The minimum Gasteiger partial charge on any atom is -0.387 e. The van der Waals surface area contributed by atoms with Crippen molar-refractivity contribution >= 4 is 23.1 Å². The molecule has 18 heavy (non-hydrogen) atoms. The lowest BCUT2D eigenvalue weighted by molar-refractivity contribution is 0.0774. The summed E-state index contributed by atoms with van der Waals surface area (Å²) in [6.07, 6.45) is 6.51. The molecule has 2 saturated carbocycles. The molecule has 0 radical (unpaired) electrons. The topological polar surface area (TPSA) is 20.2 Å². The summed E-state index contributed by atoms with van der Waals surface area (Å²) in [5.74, 6) is 4.74. The summed E-state index contributed by atoms with van der Waals surface area (Å²) in [6, 6.07) is 2.31. The predicted octanol–water partition coefficient (Wildman–Crippen LogP) is 4.01. The number of hydrogen-bond acceptors (Lipinski definition) is 3. The van der Waals surface area contributed by atoms with Gasteiger partial charge in [0, 0.05) is 15.5 Å². The van der Waals surface area contributed by atoms with E-state index >= 15 is 0 Å². The maximum atomic E-state index is 10.7. The van der Waals surface area contributed by atoms with Gasteiger partial charge in [0.1, 0.15) is 0 Å². The van der Waals surface area contributed by atoms with Crippen LogP contribution in [0.2, 0.25) is 0 Å². The number of thioether (sulfide) groups is 1. The van der Waals surface area contributed by atoms with Crippen molar-refractivity contribution in [3.05, 3.63) is 21.4 Å². The van der Waals surface area contributed by atoms with Gasteiger partial charge in [-0.2, -0.15) is 11.8 Å². The van der Waals surface area contributed by atoms with Crippen LogP contribution in [0.15, 0.2) is 6.07 Å². The summed E-state index contributed by atoms with van der Waals surface area (Å²) < 4.78 is 0. The highest BCUT2D eigenvalue weighted by Gasteiger charge is 2.43. The highest BCUT2D eigenvalue weighted by Crippen LogP contribution is 2.53. The molecule has 0 aromatic carbocycles. The van der Waals surface area contributed by atoms with Gasteiger partial charge in [-0.25, -0.2) is 0 Å². The van der Waals surface area contributed by atoms with Gasteiger partial charge in [0.05, 0.1) is 6.10 Å². The third kappa shape index (κ3) is 1.86. The zero-order chi connectivity index (χ0) is 12.1. The van der Waals surface area contributed by atoms with E-state index in [-0.39, 0.29) is 6.10 Å². The first-order valence-electron chi connectivity index (χ1n) is 7.18. The average Bonchev–Trinajstić information content (AvgIpc) is 3.11. The molecule has 1 aromatic heterocycles. The van der Waals surface area contributed by atoms with Crippen molar-refractivity contribution in [3.63, 3.8) is 0 Å². The SMILES string of the molecule is OC(c1cc2c(s1)CCSC2)C1CC2CCC1C2. The minimum atomic E-state index is -0.166. The molecule has 0 spiro atoms. The lowest BCUT2D eigenvalue weighted by Crippen LogP contribution is -2.18. The van der Waals surface area contributed by atoms with Crippen LogP contribution in [0.5, 0.6) is 0 Å². The molecule has 0 saturated heterocycles. The molecule has 2 aliphatic carbocycles. The first-order valence-corrected chi connectivity index (χ1v) is 9.15. The molecular weight excluding hydrogens is 260 g/mol. The van der Waals surface area contributed by atoms with E-state index in [4.69, 9.17) is 0 Å². The molecule has 1 N–H and O–H groups in total. The number of aliphatic hydroxyl groups excluding tert-OH is 1. The predicted molar refractivity (Wildman–Crippen MR) is 78.1 cm³/mol. The first-order chi connectivity index (χ1) is 8.81. The number of rotatable bonds is 2. The molecule has 2 bridgehead atoms. The fourth-order valence-electron chi connectivity index (χ4n) is 4.21. The Morgan fingerprint density at radius 1 is 1.28 bits per heavy atom. The fourth-order valence-corrected chi connectivity index (χ4v) is 6.65. The van der Waals surface area contributed by atoms with Gasteiger partial charge in [-0.3, -0.25) is 0 Å². The highest BCUT2D eigenvalue weighted by molar-refractivity contribution is 7.98. The molecule has 1 nitrogen and oxygen atoms in total. The van der Waals surface area contributed by atoms with E-state index in [0.29, 0.717) is 5.92 Å².